The van der Waals surface area contributed by atoms with Crippen molar-refractivity contribution in [3.8, 4) is 21.8 Å². The molecular formula is C15H9Cl2N5S. The summed E-state index contributed by atoms with van der Waals surface area (Å²) < 4.78 is 0. The summed E-state index contributed by atoms with van der Waals surface area (Å²) in [5.41, 5.74) is 8.24. The smallest absolute Gasteiger partial charge is 0.221 e. The van der Waals surface area contributed by atoms with Crippen LogP contribution in [-0.4, -0.2) is 19.9 Å². The van der Waals surface area contributed by atoms with Gasteiger partial charge in [-0.3, -0.25) is 0 Å². The minimum atomic E-state index is 0.205. The lowest BCUT2D eigenvalue weighted by atomic mass is 10.1. The second-order valence-electron chi connectivity index (χ2n) is 4.85. The average molecular weight is 362 g/mol. The summed E-state index contributed by atoms with van der Waals surface area (Å²) in [6.45, 7) is 0. The maximum atomic E-state index is 6.32. The summed E-state index contributed by atoms with van der Waals surface area (Å²) in [6.07, 6.45) is 3.40. The van der Waals surface area contributed by atoms with Crippen molar-refractivity contribution in [3.63, 3.8) is 0 Å². The lowest BCUT2D eigenvalue weighted by Crippen LogP contribution is -1.96. The Kier molecular flexibility index (Phi) is 3.45. The molecule has 0 atom stereocenters. The number of thiophene rings is 1. The number of nitrogens with zero attached hydrogens (tertiary/aromatic N) is 3. The van der Waals surface area contributed by atoms with E-state index in [-0.39, 0.29) is 5.95 Å². The zero-order valence-electron chi connectivity index (χ0n) is 11.5. The normalized spacial score (nSPS) is 11.2. The number of imidazole rings is 1. The van der Waals surface area contributed by atoms with Crippen molar-refractivity contribution >= 4 is 50.7 Å². The van der Waals surface area contributed by atoms with Crippen molar-refractivity contribution in [2.75, 3.05) is 5.73 Å². The molecule has 0 spiro atoms. The van der Waals surface area contributed by atoms with Crippen LogP contribution in [0.4, 0.5) is 5.95 Å². The fourth-order valence-electron chi connectivity index (χ4n) is 2.35. The van der Waals surface area contributed by atoms with Crippen LogP contribution in [0.3, 0.4) is 0 Å². The first-order chi connectivity index (χ1) is 11.1. The predicted octanol–water partition coefficient (Wildman–Crippen LogP) is 4.64. The summed E-state index contributed by atoms with van der Waals surface area (Å²) in [4.78, 5) is 17.6. The van der Waals surface area contributed by atoms with Crippen molar-refractivity contribution in [3.05, 3.63) is 46.8 Å². The summed E-state index contributed by atoms with van der Waals surface area (Å²) in [6, 6.07) is 7.30. The average Bonchev–Trinajstić information content (AvgIpc) is 3.15. The Labute approximate surface area is 145 Å². The van der Waals surface area contributed by atoms with Crippen LogP contribution in [0.5, 0.6) is 0 Å². The quantitative estimate of drug-likeness (QED) is 0.544. The number of aromatic nitrogens is 4. The van der Waals surface area contributed by atoms with E-state index in [1.165, 1.54) is 11.3 Å². The van der Waals surface area contributed by atoms with Gasteiger partial charge in [0.1, 0.15) is 4.83 Å². The zero-order valence-corrected chi connectivity index (χ0v) is 13.9. The number of nitrogen functional groups attached to an aromatic ring is 1. The lowest BCUT2D eigenvalue weighted by Gasteiger charge is -2.06. The Morgan fingerprint density at radius 1 is 1.13 bits per heavy atom. The zero-order chi connectivity index (χ0) is 16.0. The standard InChI is InChI=1S/C15H9Cl2N5S/c16-7-1-2-8(10(17)3-7)13-9-4-12(11-5-19-6-20-11)23-14(9)22-15(18)21-13/h1-6H,(H,19,20)(H2,18,21,22). The van der Waals surface area contributed by atoms with Gasteiger partial charge in [-0.1, -0.05) is 23.2 Å². The number of hydrogen-bond acceptors (Lipinski definition) is 5. The van der Waals surface area contributed by atoms with Crippen LogP contribution < -0.4 is 5.73 Å². The Balaban J connectivity index is 1.99. The molecule has 3 aromatic heterocycles. The molecule has 23 heavy (non-hydrogen) atoms. The molecule has 0 aliphatic heterocycles. The number of nitrogens with one attached hydrogen (secondary N) is 1. The highest BCUT2D eigenvalue weighted by atomic mass is 35.5. The van der Waals surface area contributed by atoms with E-state index in [4.69, 9.17) is 28.9 Å². The number of anilines is 1. The number of halogens is 2. The van der Waals surface area contributed by atoms with Gasteiger partial charge in [0, 0.05) is 16.0 Å². The minimum Gasteiger partial charge on any atom is -0.368 e. The SMILES string of the molecule is Nc1nc(-c2ccc(Cl)cc2Cl)c2cc(-c3cnc[nH]3)sc2n1. The van der Waals surface area contributed by atoms with Gasteiger partial charge >= 0.3 is 0 Å². The Morgan fingerprint density at radius 3 is 2.74 bits per heavy atom. The van der Waals surface area contributed by atoms with Crippen LogP contribution in [0.2, 0.25) is 10.0 Å². The Morgan fingerprint density at radius 2 is 2.00 bits per heavy atom. The third kappa shape index (κ3) is 2.55. The number of hydrogen-bond donors (Lipinski definition) is 2. The highest BCUT2D eigenvalue weighted by Crippen LogP contribution is 2.39. The van der Waals surface area contributed by atoms with Gasteiger partial charge in [-0.05, 0) is 24.3 Å². The van der Waals surface area contributed by atoms with E-state index in [1.54, 1.807) is 24.7 Å². The molecule has 0 saturated heterocycles. The highest BCUT2D eigenvalue weighted by Gasteiger charge is 2.16. The maximum Gasteiger partial charge on any atom is 0.221 e. The maximum absolute atomic E-state index is 6.32. The molecule has 8 heteroatoms. The largest absolute Gasteiger partial charge is 0.368 e. The van der Waals surface area contributed by atoms with Crippen molar-refractivity contribution in [2.45, 2.75) is 0 Å². The molecule has 0 aliphatic carbocycles. The molecule has 114 valence electrons. The van der Waals surface area contributed by atoms with Crippen molar-refractivity contribution in [2.24, 2.45) is 0 Å². The summed E-state index contributed by atoms with van der Waals surface area (Å²) in [5.74, 6) is 0.205. The van der Waals surface area contributed by atoms with Crippen molar-refractivity contribution < 1.29 is 0 Å². The number of rotatable bonds is 2. The summed E-state index contributed by atoms with van der Waals surface area (Å²) in [7, 11) is 0. The molecular weight excluding hydrogens is 353 g/mol. The molecule has 0 radical (unpaired) electrons. The third-order valence-electron chi connectivity index (χ3n) is 3.36. The fraction of sp³-hybridized carbons (Fsp3) is 0. The van der Waals surface area contributed by atoms with Crippen LogP contribution in [-0.2, 0) is 0 Å². The summed E-state index contributed by atoms with van der Waals surface area (Å²) >= 11 is 13.8. The van der Waals surface area contributed by atoms with E-state index in [9.17, 15) is 0 Å². The van der Waals surface area contributed by atoms with Crippen LogP contribution in [0.25, 0.3) is 32.0 Å². The number of nitrogens with two attached hydrogens (primary N) is 1. The van der Waals surface area contributed by atoms with Gasteiger partial charge < -0.3 is 10.7 Å². The molecule has 0 saturated carbocycles. The van der Waals surface area contributed by atoms with Crippen molar-refractivity contribution in [1.82, 2.24) is 19.9 Å². The Bertz CT molecular complexity index is 1010. The molecule has 0 fully saturated rings. The van der Waals surface area contributed by atoms with Gasteiger partial charge in [0.2, 0.25) is 5.95 Å². The monoisotopic (exact) mass is 361 g/mol. The molecule has 1 aromatic carbocycles. The number of benzene rings is 1. The van der Waals surface area contributed by atoms with Gasteiger partial charge in [0.15, 0.2) is 0 Å². The minimum absolute atomic E-state index is 0.205. The predicted molar refractivity (Wildman–Crippen MR) is 94.9 cm³/mol. The van der Waals surface area contributed by atoms with Gasteiger partial charge in [-0.15, -0.1) is 11.3 Å². The molecule has 0 amide bonds. The molecule has 3 N–H and O–H groups in total. The first-order valence-corrected chi connectivity index (χ1v) is 8.20. The Hall–Kier alpha value is -2.15. The van der Waals surface area contributed by atoms with Gasteiger partial charge in [0.05, 0.1) is 33.8 Å². The molecule has 3 heterocycles. The summed E-state index contributed by atoms with van der Waals surface area (Å²) in [5, 5.41) is 1.98. The van der Waals surface area contributed by atoms with Crippen LogP contribution >= 0.6 is 34.5 Å². The number of fused-ring (bicyclic) bond motifs is 1. The van der Waals surface area contributed by atoms with Crippen LogP contribution in [0.1, 0.15) is 0 Å². The molecule has 5 nitrogen and oxygen atoms in total. The van der Waals surface area contributed by atoms with E-state index < -0.39 is 0 Å². The lowest BCUT2D eigenvalue weighted by molar-refractivity contribution is 1.25. The molecule has 4 aromatic rings. The first kappa shape index (κ1) is 14.4. The van der Waals surface area contributed by atoms with Crippen LogP contribution in [0.15, 0.2) is 36.8 Å². The molecule has 4 rings (SSSR count). The highest BCUT2D eigenvalue weighted by molar-refractivity contribution is 7.21. The van der Waals surface area contributed by atoms with E-state index in [1.807, 2.05) is 12.1 Å². The second-order valence-corrected chi connectivity index (χ2v) is 6.72. The third-order valence-corrected chi connectivity index (χ3v) is 4.97. The molecule has 0 bridgehead atoms. The number of H-pyrrole nitrogens is 1. The van der Waals surface area contributed by atoms with Gasteiger partial charge in [-0.25, -0.2) is 15.0 Å². The van der Waals surface area contributed by atoms with E-state index in [2.05, 4.69) is 19.9 Å². The number of aromatic amines is 1. The topological polar surface area (TPSA) is 80.5 Å². The van der Waals surface area contributed by atoms with Gasteiger partial charge in [0.25, 0.3) is 0 Å². The van der Waals surface area contributed by atoms with E-state index >= 15 is 0 Å². The fourth-order valence-corrected chi connectivity index (χ4v) is 3.86. The van der Waals surface area contributed by atoms with Crippen molar-refractivity contribution in [1.29, 1.82) is 0 Å². The van der Waals surface area contributed by atoms with Crippen LogP contribution in [0, 0.1) is 0 Å². The first-order valence-electron chi connectivity index (χ1n) is 6.63. The van der Waals surface area contributed by atoms with Gasteiger partial charge in [-0.2, -0.15) is 0 Å². The van der Waals surface area contributed by atoms with E-state index in [0.717, 1.165) is 26.4 Å². The molecule has 0 aliphatic rings. The second kappa shape index (κ2) is 5.49. The van der Waals surface area contributed by atoms with E-state index in [0.29, 0.717) is 15.7 Å². The molecule has 0 unspecified atom stereocenters.